The molecule has 0 aliphatic carbocycles. The van der Waals surface area contributed by atoms with Crippen LogP contribution in [0.15, 0.2) is 18.2 Å². The molecule has 4 N–H and O–H groups in total. The van der Waals surface area contributed by atoms with Crippen LogP contribution in [0.4, 0.5) is 5.69 Å². The highest BCUT2D eigenvalue weighted by molar-refractivity contribution is 5.95. The normalized spacial score (nSPS) is 11.2. The molecular weight excluding hydrogens is 244 g/mol. The van der Waals surface area contributed by atoms with Crippen LogP contribution in [0.2, 0.25) is 0 Å². The van der Waals surface area contributed by atoms with Crippen molar-refractivity contribution in [2.45, 2.75) is 32.7 Å². The number of aliphatic hydroxyl groups is 1. The molecule has 106 valence electrons. The van der Waals surface area contributed by atoms with Crippen molar-refractivity contribution in [3.63, 3.8) is 0 Å². The highest BCUT2D eigenvalue weighted by Gasteiger charge is 2.20. The monoisotopic (exact) mass is 266 g/mol. The molecule has 0 bridgehead atoms. The van der Waals surface area contributed by atoms with E-state index in [1.807, 2.05) is 20.8 Å². The minimum absolute atomic E-state index is 0.0265. The Morgan fingerprint density at radius 2 is 2.16 bits per heavy atom. The quantitative estimate of drug-likeness (QED) is 0.682. The molecule has 0 fully saturated rings. The topological polar surface area (TPSA) is 84.6 Å². The summed E-state index contributed by atoms with van der Waals surface area (Å²) >= 11 is 0. The van der Waals surface area contributed by atoms with Gasteiger partial charge in [0.25, 0.3) is 5.91 Å². The fourth-order valence-corrected chi connectivity index (χ4v) is 1.70. The van der Waals surface area contributed by atoms with Gasteiger partial charge < -0.3 is 20.9 Å². The fourth-order valence-electron chi connectivity index (χ4n) is 1.70. The first-order chi connectivity index (χ1) is 8.89. The third kappa shape index (κ3) is 4.44. The first-order valence-electron chi connectivity index (χ1n) is 6.35. The lowest BCUT2D eigenvalue weighted by atomic mass is 10.0. The van der Waals surface area contributed by atoms with E-state index in [1.165, 1.54) is 0 Å². The van der Waals surface area contributed by atoms with Crippen LogP contribution >= 0.6 is 0 Å². The minimum Gasteiger partial charge on any atom is -0.492 e. The summed E-state index contributed by atoms with van der Waals surface area (Å²) in [6.45, 7) is 6.15. The number of rotatable bonds is 6. The van der Waals surface area contributed by atoms with Crippen LogP contribution in [-0.2, 0) is 0 Å². The minimum atomic E-state index is -0.459. The Balaban J connectivity index is 2.80. The van der Waals surface area contributed by atoms with Crippen LogP contribution in [0.3, 0.4) is 0 Å². The van der Waals surface area contributed by atoms with Gasteiger partial charge in [0.2, 0.25) is 0 Å². The summed E-state index contributed by atoms with van der Waals surface area (Å²) in [6.07, 6.45) is 0.491. The molecule has 0 aliphatic heterocycles. The highest BCUT2D eigenvalue weighted by atomic mass is 16.5. The predicted octanol–water partition coefficient (Wildman–Crippen LogP) is 1.56. The molecule has 0 saturated heterocycles. The van der Waals surface area contributed by atoms with Crippen molar-refractivity contribution in [3.05, 3.63) is 23.8 Å². The smallest absolute Gasteiger partial charge is 0.251 e. The lowest BCUT2D eigenvalue weighted by molar-refractivity contribution is 0.0899. The molecule has 0 saturated carbocycles. The summed E-state index contributed by atoms with van der Waals surface area (Å²) in [4.78, 5) is 12.1. The number of ether oxygens (including phenoxy) is 1. The van der Waals surface area contributed by atoms with Gasteiger partial charge in [0, 0.05) is 17.7 Å². The van der Waals surface area contributed by atoms with E-state index < -0.39 is 5.54 Å². The average molecular weight is 266 g/mol. The van der Waals surface area contributed by atoms with E-state index in [-0.39, 0.29) is 12.5 Å². The molecule has 0 unspecified atom stereocenters. The van der Waals surface area contributed by atoms with Crippen LogP contribution in [-0.4, -0.2) is 29.8 Å². The third-order valence-electron chi connectivity index (χ3n) is 2.76. The molecule has 0 aliphatic rings. The molecule has 0 heterocycles. The van der Waals surface area contributed by atoms with Gasteiger partial charge >= 0.3 is 0 Å². The molecule has 5 heteroatoms. The molecule has 0 spiro atoms. The Morgan fingerprint density at radius 1 is 1.47 bits per heavy atom. The number of nitrogens with one attached hydrogen (secondary N) is 1. The number of hydrogen-bond donors (Lipinski definition) is 3. The Bertz CT molecular complexity index is 444. The van der Waals surface area contributed by atoms with E-state index in [2.05, 4.69) is 5.32 Å². The SMILES string of the molecule is CCOc1ccc(C(=O)NC(C)(C)CCO)cc1N. The molecule has 0 aromatic heterocycles. The van der Waals surface area contributed by atoms with E-state index in [4.69, 9.17) is 15.6 Å². The number of aliphatic hydroxyl groups excluding tert-OH is 1. The van der Waals surface area contributed by atoms with Crippen LogP contribution in [0.25, 0.3) is 0 Å². The van der Waals surface area contributed by atoms with E-state index in [0.29, 0.717) is 30.0 Å². The van der Waals surface area contributed by atoms with Crippen LogP contribution in [0, 0.1) is 0 Å². The Morgan fingerprint density at radius 3 is 2.68 bits per heavy atom. The van der Waals surface area contributed by atoms with Crippen molar-refractivity contribution < 1.29 is 14.6 Å². The fraction of sp³-hybridized carbons (Fsp3) is 0.500. The highest BCUT2D eigenvalue weighted by Crippen LogP contribution is 2.22. The molecule has 5 nitrogen and oxygen atoms in total. The molecular formula is C14H22N2O3. The molecule has 0 radical (unpaired) electrons. The standard InChI is InChI=1S/C14H22N2O3/c1-4-19-12-6-5-10(9-11(12)15)13(18)16-14(2,3)7-8-17/h5-6,9,17H,4,7-8,15H2,1-3H3,(H,16,18). The summed E-state index contributed by atoms with van der Waals surface area (Å²) in [7, 11) is 0. The predicted molar refractivity (Wildman–Crippen MR) is 75.3 cm³/mol. The first-order valence-corrected chi connectivity index (χ1v) is 6.35. The van der Waals surface area contributed by atoms with Crippen LogP contribution in [0.5, 0.6) is 5.75 Å². The maximum absolute atomic E-state index is 12.1. The number of nitrogens with two attached hydrogens (primary N) is 1. The second-order valence-electron chi connectivity index (χ2n) is 5.00. The zero-order valence-electron chi connectivity index (χ0n) is 11.7. The van der Waals surface area contributed by atoms with Gasteiger partial charge in [-0.1, -0.05) is 0 Å². The Labute approximate surface area is 113 Å². The molecule has 1 aromatic rings. The largest absolute Gasteiger partial charge is 0.492 e. The molecule has 1 rings (SSSR count). The van der Waals surface area contributed by atoms with Gasteiger partial charge in [-0.25, -0.2) is 0 Å². The number of carbonyl (C=O) groups excluding carboxylic acids is 1. The van der Waals surface area contributed by atoms with E-state index in [0.717, 1.165) is 0 Å². The van der Waals surface area contributed by atoms with Gasteiger partial charge in [0.15, 0.2) is 0 Å². The molecule has 19 heavy (non-hydrogen) atoms. The van der Waals surface area contributed by atoms with Crippen molar-refractivity contribution in [1.29, 1.82) is 0 Å². The summed E-state index contributed by atoms with van der Waals surface area (Å²) in [5.74, 6) is 0.363. The number of anilines is 1. The van der Waals surface area contributed by atoms with E-state index >= 15 is 0 Å². The molecule has 1 amide bonds. The number of nitrogen functional groups attached to an aromatic ring is 1. The lowest BCUT2D eigenvalue weighted by Gasteiger charge is -2.25. The summed E-state index contributed by atoms with van der Waals surface area (Å²) < 4.78 is 5.32. The van der Waals surface area contributed by atoms with E-state index in [1.54, 1.807) is 18.2 Å². The summed E-state index contributed by atoms with van der Waals surface area (Å²) in [5.41, 5.74) is 6.28. The van der Waals surface area contributed by atoms with Crippen molar-refractivity contribution in [2.75, 3.05) is 18.9 Å². The van der Waals surface area contributed by atoms with Crippen LogP contribution < -0.4 is 15.8 Å². The van der Waals surface area contributed by atoms with Crippen molar-refractivity contribution >= 4 is 11.6 Å². The van der Waals surface area contributed by atoms with Crippen molar-refractivity contribution in [3.8, 4) is 5.75 Å². The average Bonchev–Trinajstić information content (AvgIpc) is 2.31. The number of carbonyl (C=O) groups is 1. The lowest BCUT2D eigenvalue weighted by Crippen LogP contribution is -2.44. The van der Waals surface area contributed by atoms with Gasteiger partial charge in [0.1, 0.15) is 5.75 Å². The van der Waals surface area contributed by atoms with Gasteiger partial charge in [-0.05, 0) is 45.4 Å². The third-order valence-corrected chi connectivity index (χ3v) is 2.76. The summed E-state index contributed by atoms with van der Waals surface area (Å²) in [6, 6.07) is 4.95. The number of amides is 1. The van der Waals surface area contributed by atoms with Crippen LogP contribution in [0.1, 0.15) is 37.6 Å². The number of hydrogen-bond acceptors (Lipinski definition) is 4. The van der Waals surface area contributed by atoms with Gasteiger partial charge in [-0.2, -0.15) is 0 Å². The maximum Gasteiger partial charge on any atom is 0.251 e. The van der Waals surface area contributed by atoms with Crippen molar-refractivity contribution in [2.24, 2.45) is 0 Å². The molecule has 1 aromatic carbocycles. The van der Waals surface area contributed by atoms with Gasteiger partial charge in [-0.3, -0.25) is 4.79 Å². The van der Waals surface area contributed by atoms with Crippen molar-refractivity contribution in [1.82, 2.24) is 5.32 Å². The second kappa shape index (κ2) is 6.43. The van der Waals surface area contributed by atoms with E-state index in [9.17, 15) is 4.79 Å². The zero-order chi connectivity index (χ0) is 14.5. The van der Waals surface area contributed by atoms with Gasteiger partial charge in [0.05, 0.1) is 12.3 Å². The summed E-state index contributed by atoms with van der Waals surface area (Å²) in [5, 5.41) is 11.8. The zero-order valence-corrected chi connectivity index (χ0v) is 11.7. The van der Waals surface area contributed by atoms with Gasteiger partial charge in [-0.15, -0.1) is 0 Å². The Hall–Kier alpha value is -1.75. The maximum atomic E-state index is 12.1. The second-order valence-corrected chi connectivity index (χ2v) is 5.00. The molecule has 0 atom stereocenters. The number of benzene rings is 1. The Kier molecular flexibility index (Phi) is 5.18. The first kappa shape index (κ1) is 15.3.